The van der Waals surface area contributed by atoms with Gasteiger partial charge in [0.05, 0.1) is 18.9 Å². The Morgan fingerprint density at radius 2 is 1.67 bits per heavy atom. The lowest BCUT2D eigenvalue weighted by Crippen LogP contribution is -2.29. The van der Waals surface area contributed by atoms with Crippen molar-refractivity contribution in [2.45, 2.75) is 12.8 Å². The molecule has 0 aliphatic rings. The summed E-state index contributed by atoms with van der Waals surface area (Å²) in [7, 11) is 0. The number of hydrogen-bond donors (Lipinski definition) is 1. The number of esters is 1. The molecule has 1 amide bonds. The van der Waals surface area contributed by atoms with E-state index < -0.39 is 11.9 Å². The summed E-state index contributed by atoms with van der Waals surface area (Å²) in [5.41, 5.74) is 3.01. The number of hydrogen-bond acceptors (Lipinski definition) is 4. The van der Waals surface area contributed by atoms with E-state index in [2.05, 4.69) is 5.32 Å². The van der Waals surface area contributed by atoms with Crippen LogP contribution in [0, 0.1) is 11.3 Å². The van der Waals surface area contributed by atoms with E-state index in [1.54, 1.807) is 0 Å². The summed E-state index contributed by atoms with van der Waals surface area (Å²) < 4.78 is 4.92. The fourth-order valence-electron chi connectivity index (χ4n) is 2.12. The molecule has 5 nitrogen and oxygen atoms in total. The molecule has 2 rings (SSSR count). The lowest BCUT2D eigenvalue weighted by Gasteiger charge is -2.06. The van der Waals surface area contributed by atoms with Gasteiger partial charge in [-0.3, -0.25) is 9.59 Å². The molecule has 1 N–H and O–H groups in total. The molecule has 0 bridgehead atoms. The molecule has 0 atom stereocenters. The Hall–Kier alpha value is -3.13. The van der Waals surface area contributed by atoms with Crippen LogP contribution in [0.15, 0.2) is 54.6 Å². The van der Waals surface area contributed by atoms with E-state index >= 15 is 0 Å². The van der Waals surface area contributed by atoms with Gasteiger partial charge in [-0.2, -0.15) is 5.26 Å². The van der Waals surface area contributed by atoms with E-state index in [4.69, 9.17) is 10.00 Å². The van der Waals surface area contributed by atoms with Gasteiger partial charge < -0.3 is 10.1 Å². The molecule has 0 aliphatic heterocycles. The summed E-state index contributed by atoms with van der Waals surface area (Å²) in [4.78, 5) is 23.1. The average molecular weight is 322 g/mol. The third kappa shape index (κ3) is 5.58. The summed E-state index contributed by atoms with van der Waals surface area (Å²) in [5.74, 6) is -0.865. The number of nitrogens with one attached hydrogen (secondary N) is 1. The highest BCUT2D eigenvalue weighted by molar-refractivity contribution is 5.81. The van der Waals surface area contributed by atoms with Crippen molar-refractivity contribution in [2.75, 3.05) is 13.2 Å². The van der Waals surface area contributed by atoms with Crippen molar-refractivity contribution >= 4 is 11.9 Å². The van der Waals surface area contributed by atoms with Crippen molar-refractivity contribution in [3.05, 3.63) is 60.2 Å². The van der Waals surface area contributed by atoms with Crippen LogP contribution < -0.4 is 5.32 Å². The molecule has 0 saturated heterocycles. The Balaban J connectivity index is 1.80. The minimum atomic E-state index is -0.460. The third-order valence-electron chi connectivity index (χ3n) is 3.33. The summed E-state index contributed by atoms with van der Waals surface area (Å²) in [6.07, 6.45) is 0.341. The molecule has 0 aliphatic carbocycles. The number of carbonyl (C=O) groups excluding carboxylic acids is 2. The summed E-state index contributed by atoms with van der Waals surface area (Å²) >= 11 is 0. The second-order valence-electron chi connectivity index (χ2n) is 5.16. The number of benzene rings is 2. The summed E-state index contributed by atoms with van der Waals surface area (Å²) in [6, 6.07) is 19.5. The molecule has 0 spiro atoms. The van der Waals surface area contributed by atoms with E-state index in [1.807, 2.05) is 60.7 Å². The second kappa shape index (κ2) is 9.11. The average Bonchev–Trinajstić information content (AvgIpc) is 2.62. The zero-order chi connectivity index (χ0) is 17.2. The molecule has 0 heterocycles. The van der Waals surface area contributed by atoms with E-state index in [0.29, 0.717) is 0 Å². The molecule has 0 unspecified atom stereocenters. The number of ether oxygens (including phenoxy) is 1. The molecule has 122 valence electrons. The van der Waals surface area contributed by atoms with E-state index in [-0.39, 0.29) is 26.0 Å². The Labute approximate surface area is 140 Å². The van der Waals surface area contributed by atoms with Gasteiger partial charge in [-0.1, -0.05) is 54.6 Å². The zero-order valence-electron chi connectivity index (χ0n) is 13.2. The standard InChI is InChI=1S/C19H18N2O3/c20-11-4-12-21-18(22)14-24-19(23)13-15-7-9-17(10-8-15)16-5-2-1-3-6-16/h1-3,5-10H,4,12-14H2,(H,21,22). The quantitative estimate of drug-likeness (QED) is 0.627. The summed E-state index contributed by atoms with van der Waals surface area (Å²) in [5, 5.41) is 10.9. The number of nitrogens with zero attached hydrogens (tertiary/aromatic N) is 1. The Morgan fingerprint density at radius 3 is 2.33 bits per heavy atom. The predicted molar refractivity (Wildman–Crippen MR) is 89.8 cm³/mol. The highest BCUT2D eigenvalue weighted by Crippen LogP contribution is 2.19. The van der Waals surface area contributed by atoms with Crippen molar-refractivity contribution in [3.63, 3.8) is 0 Å². The van der Waals surface area contributed by atoms with Crippen LogP contribution in [0.1, 0.15) is 12.0 Å². The molecule has 24 heavy (non-hydrogen) atoms. The van der Waals surface area contributed by atoms with E-state index in [9.17, 15) is 9.59 Å². The van der Waals surface area contributed by atoms with Crippen LogP contribution in [0.4, 0.5) is 0 Å². The van der Waals surface area contributed by atoms with Crippen LogP contribution in [0.25, 0.3) is 11.1 Å². The lowest BCUT2D eigenvalue weighted by molar-refractivity contribution is -0.147. The van der Waals surface area contributed by atoms with Crippen LogP contribution in [-0.4, -0.2) is 25.0 Å². The minimum absolute atomic E-state index is 0.112. The van der Waals surface area contributed by atoms with Crippen molar-refractivity contribution in [1.29, 1.82) is 5.26 Å². The first kappa shape index (κ1) is 17.2. The van der Waals surface area contributed by atoms with Gasteiger partial charge in [0.1, 0.15) is 0 Å². The molecule has 2 aromatic rings. The van der Waals surface area contributed by atoms with Gasteiger partial charge in [0, 0.05) is 6.54 Å². The van der Waals surface area contributed by atoms with Crippen LogP contribution in [0.2, 0.25) is 0 Å². The molecule has 0 aromatic heterocycles. The highest BCUT2D eigenvalue weighted by atomic mass is 16.5. The van der Waals surface area contributed by atoms with E-state index in [0.717, 1.165) is 16.7 Å². The normalized spacial score (nSPS) is 9.79. The SMILES string of the molecule is N#CCCNC(=O)COC(=O)Cc1ccc(-c2ccccc2)cc1. The predicted octanol–water partition coefficient (Wildman–Crippen LogP) is 2.47. The molecule has 2 aromatic carbocycles. The second-order valence-corrected chi connectivity index (χ2v) is 5.16. The van der Waals surface area contributed by atoms with Gasteiger partial charge in [-0.15, -0.1) is 0 Å². The first-order chi connectivity index (χ1) is 11.7. The number of rotatable bonds is 7. The zero-order valence-corrected chi connectivity index (χ0v) is 13.2. The van der Waals surface area contributed by atoms with Crippen LogP contribution in [0.5, 0.6) is 0 Å². The maximum atomic E-state index is 11.7. The number of carbonyl (C=O) groups is 2. The molecule has 0 radical (unpaired) electrons. The maximum Gasteiger partial charge on any atom is 0.310 e. The minimum Gasteiger partial charge on any atom is -0.455 e. The van der Waals surface area contributed by atoms with Crippen molar-refractivity contribution in [2.24, 2.45) is 0 Å². The maximum absolute atomic E-state index is 11.7. The van der Waals surface area contributed by atoms with Gasteiger partial charge in [-0.05, 0) is 16.7 Å². The number of amides is 1. The Bertz CT molecular complexity index is 719. The third-order valence-corrected chi connectivity index (χ3v) is 3.33. The van der Waals surface area contributed by atoms with Crippen LogP contribution >= 0.6 is 0 Å². The van der Waals surface area contributed by atoms with Crippen molar-refractivity contribution < 1.29 is 14.3 Å². The van der Waals surface area contributed by atoms with Crippen molar-refractivity contribution in [3.8, 4) is 17.2 Å². The largest absolute Gasteiger partial charge is 0.455 e. The summed E-state index contributed by atoms with van der Waals surface area (Å²) in [6.45, 7) is -0.0693. The van der Waals surface area contributed by atoms with Gasteiger partial charge in [0.15, 0.2) is 6.61 Å². The lowest BCUT2D eigenvalue weighted by atomic mass is 10.0. The molecular formula is C19H18N2O3. The van der Waals surface area contributed by atoms with Gasteiger partial charge in [0.25, 0.3) is 5.91 Å². The van der Waals surface area contributed by atoms with Crippen molar-refractivity contribution in [1.82, 2.24) is 5.32 Å². The molecule has 0 fully saturated rings. The van der Waals surface area contributed by atoms with Gasteiger partial charge in [-0.25, -0.2) is 0 Å². The first-order valence-electron chi connectivity index (χ1n) is 7.62. The fourth-order valence-corrected chi connectivity index (χ4v) is 2.12. The molecular weight excluding hydrogens is 304 g/mol. The monoisotopic (exact) mass is 322 g/mol. The van der Waals surface area contributed by atoms with Gasteiger partial charge >= 0.3 is 5.97 Å². The van der Waals surface area contributed by atoms with Crippen LogP contribution in [-0.2, 0) is 20.7 Å². The number of nitriles is 1. The Kier molecular flexibility index (Phi) is 6.54. The first-order valence-corrected chi connectivity index (χ1v) is 7.62. The smallest absolute Gasteiger partial charge is 0.310 e. The van der Waals surface area contributed by atoms with E-state index in [1.165, 1.54) is 0 Å². The van der Waals surface area contributed by atoms with Gasteiger partial charge in [0.2, 0.25) is 0 Å². The molecule has 5 heteroatoms. The fraction of sp³-hybridized carbons (Fsp3) is 0.211. The van der Waals surface area contributed by atoms with Crippen LogP contribution in [0.3, 0.4) is 0 Å². The Morgan fingerprint density at radius 1 is 1.00 bits per heavy atom. The molecule has 0 saturated carbocycles. The highest BCUT2D eigenvalue weighted by Gasteiger charge is 2.08. The topological polar surface area (TPSA) is 79.2 Å².